The number of hydrogen-bond donors (Lipinski definition) is 0. The van der Waals surface area contributed by atoms with Crippen LogP contribution in [0.5, 0.6) is 0 Å². The van der Waals surface area contributed by atoms with Crippen molar-refractivity contribution in [3.05, 3.63) is 34.7 Å². The number of rotatable bonds is 3. The lowest BCUT2D eigenvalue weighted by Gasteiger charge is -2.17. The van der Waals surface area contributed by atoms with E-state index in [0.29, 0.717) is 6.42 Å². The van der Waals surface area contributed by atoms with E-state index in [1.807, 2.05) is 22.2 Å². The Morgan fingerprint density at radius 2 is 2.39 bits per heavy atom. The number of thiophene rings is 1. The molecule has 3 heterocycles. The highest BCUT2D eigenvalue weighted by Gasteiger charge is 2.30. The van der Waals surface area contributed by atoms with Crippen molar-refractivity contribution < 1.29 is 4.79 Å². The Balaban J connectivity index is 1.85. The second-order valence-electron chi connectivity index (χ2n) is 4.23. The van der Waals surface area contributed by atoms with E-state index in [9.17, 15) is 4.79 Å². The first-order valence-corrected chi connectivity index (χ1v) is 7.52. The molecule has 1 fully saturated rings. The van der Waals surface area contributed by atoms with Crippen molar-refractivity contribution in [3.63, 3.8) is 0 Å². The Hall–Kier alpha value is -1.14. The maximum Gasteiger partial charge on any atom is 0.229 e. The van der Waals surface area contributed by atoms with E-state index in [0.717, 1.165) is 18.9 Å². The van der Waals surface area contributed by atoms with Gasteiger partial charge in [0.25, 0.3) is 0 Å². The van der Waals surface area contributed by atoms with E-state index in [4.69, 9.17) is 0 Å². The summed E-state index contributed by atoms with van der Waals surface area (Å²) >= 11 is 5.20. The molecule has 0 aliphatic carbocycles. The van der Waals surface area contributed by atoms with Gasteiger partial charge in [0.05, 0.1) is 12.7 Å². The number of halogens is 1. The fraction of sp³-hybridized carbons (Fsp3) is 0.333. The summed E-state index contributed by atoms with van der Waals surface area (Å²) in [5.74, 6) is 1.04. The van der Waals surface area contributed by atoms with Gasteiger partial charge in [-0.15, -0.1) is 11.3 Å². The van der Waals surface area contributed by atoms with Crippen molar-refractivity contribution in [1.82, 2.24) is 9.78 Å². The second kappa shape index (κ2) is 4.85. The van der Waals surface area contributed by atoms with Gasteiger partial charge in [0, 0.05) is 28.7 Å². The number of alkyl halides is 1. The van der Waals surface area contributed by atoms with Crippen LogP contribution in [0.2, 0.25) is 0 Å². The number of amides is 1. The van der Waals surface area contributed by atoms with Crippen LogP contribution in [-0.2, 0) is 11.3 Å². The molecule has 0 aromatic carbocycles. The summed E-state index contributed by atoms with van der Waals surface area (Å²) < 4.78 is 1.88. The highest BCUT2D eigenvalue weighted by molar-refractivity contribution is 9.09. The van der Waals surface area contributed by atoms with Crippen molar-refractivity contribution in [2.75, 3.05) is 11.4 Å². The van der Waals surface area contributed by atoms with Crippen LogP contribution in [0.25, 0.3) is 0 Å². The van der Waals surface area contributed by atoms with Crippen LogP contribution in [0.15, 0.2) is 29.8 Å². The number of hydrogen-bond acceptors (Lipinski definition) is 3. The predicted molar refractivity (Wildman–Crippen MR) is 75.3 cm³/mol. The lowest BCUT2D eigenvalue weighted by Crippen LogP contribution is -2.27. The highest BCUT2D eigenvalue weighted by Crippen LogP contribution is 2.25. The minimum absolute atomic E-state index is 0.157. The summed E-state index contributed by atoms with van der Waals surface area (Å²) in [5.41, 5.74) is 0. The van der Waals surface area contributed by atoms with Gasteiger partial charge in [0.2, 0.25) is 5.91 Å². The maximum atomic E-state index is 11.9. The molecule has 3 rings (SSSR count). The average molecular weight is 326 g/mol. The summed E-state index contributed by atoms with van der Waals surface area (Å²) in [6.07, 6.45) is 2.31. The zero-order valence-electron chi connectivity index (χ0n) is 9.62. The van der Waals surface area contributed by atoms with Gasteiger partial charge in [-0.25, -0.2) is 4.68 Å². The molecular formula is C12H12BrN3OS. The molecule has 1 aliphatic rings. The third-order valence-corrected chi connectivity index (χ3v) is 4.41. The highest BCUT2D eigenvalue weighted by atomic mass is 79.9. The monoisotopic (exact) mass is 325 g/mol. The Bertz CT molecular complexity index is 551. The van der Waals surface area contributed by atoms with E-state index >= 15 is 0 Å². The zero-order chi connectivity index (χ0) is 12.5. The van der Waals surface area contributed by atoms with Crippen LogP contribution < -0.4 is 4.90 Å². The van der Waals surface area contributed by atoms with E-state index in [2.05, 4.69) is 27.1 Å². The molecule has 6 heteroatoms. The number of carbonyl (C=O) groups is 1. The number of carbonyl (C=O) groups excluding carboxylic acids is 1. The van der Waals surface area contributed by atoms with Crippen molar-refractivity contribution in [3.8, 4) is 0 Å². The molecule has 1 saturated heterocycles. The third kappa shape index (κ3) is 2.22. The zero-order valence-corrected chi connectivity index (χ0v) is 12.0. The summed E-state index contributed by atoms with van der Waals surface area (Å²) in [6, 6.07) is 6.00. The quantitative estimate of drug-likeness (QED) is 0.813. The molecule has 2 aromatic rings. The number of anilines is 1. The average Bonchev–Trinajstić information content (AvgIpc) is 3.02. The SMILES string of the molecule is O=C1CC(Br)CN1c1ccnn1Cc1cccs1. The summed E-state index contributed by atoms with van der Waals surface area (Å²) in [4.78, 5) is 15.2. The van der Waals surface area contributed by atoms with Crippen molar-refractivity contribution in [2.24, 2.45) is 0 Å². The van der Waals surface area contributed by atoms with Crippen LogP contribution in [0.3, 0.4) is 0 Å². The van der Waals surface area contributed by atoms with Gasteiger partial charge < -0.3 is 0 Å². The standard InChI is InChI=1S/C12H12BrN3OS/c13-9-6-12(17)15(7-9)11-3-4-14-16(11)8-10-2-1-5-18-10/h1-5,9H,6-8H2. The fourth-order valence-electron chi connectivity index (χ4n) is 2.11. The summed E-state index contributed by atoms with van der Waals surface area (Å²) in [5, 5.41) is 6.36. The molecule has 0 spiro atoms. The van der Waals surface area contributed by atoms with Crippen LogP contribution in [0.4, 0.5) is 5.82 Å². The molecular weight excluding hydrogens is 314 g/mol. The molecule has 1 amide bonds. The molecule has 1 unspecified atom stereocenters. The molecule has 94 valence electrons. The molecule has 4 nitrogen and oxygen atoms in total. The Morgan fingerprint density at radius 3 is 3.06 bits per heavy atom. The van der Waals surface area contributed by atoms with Crippen LogP contribution in [-0.4, -0.2) is 27.1 Å². The van der Waals surface area contributed by atoms with Crippen molar-refractivity contribution in [2.45, 2.75) is 17.8 Å². The smallest absolute Gasteiger partial charge is 0.229 e. The van der Waals surface area contributed by atoms with Gasteiger partial charge >= 0.3 is 0 Å². The first kappa shape index (κ1) is 11.9. The summed E-state index contributed by atoms with van der Waals surface area (Å²) in [6.45, 7) is 1.44. The van der Waals surface area contributed by atoms with Crippen molar-refractivity contribution in [1.29, 1.82) is 0 Å². The van der Waals surface area contributed by atoms with Crippen LogP contribution in [0, 0.1) is 0 Å². The molecule has 2 aromatic heterocycles. The lowest BCUT2D eigenvalue weighted by atomic mass is 10.4. The fourth-order valence-corrected chi connectivity index (χ4v) is 3.36. The van der Waals surface area contributed by atoms with E-state index < -0.39 is 0 Å². The van der Waals surface area contributed by atoms with Gasteiger partial charge in [-0.3, -0.25) is 9.69 Å². The molecule has 0 saturated carbocycles. The molecule has 0 N–H and O–H groups in total. The summed E-state index contributed by atoms with van der Waals surface area (Å²) in [7, 11) is 0. The minimum atomic E-state index is 0.157. The van der Waals surface area contributed by atoms with Gasteiger partial charge in [-0.1, -0.05) is 22.0 Å². The lowest BCUT2D eigenvalue weighted by molar-refractivity contribution is -0.117. The molecule has 18 heavy (non-hydrogen) atoms. The van der Waals surface area contributed by atoms with Gasteiger partial charge in [-0.05, 0) is 11.4 Å². The van der Waals surface area contributed by atoms with E-state index in [1.165, 1.54) is 4.88 Å². The third-order valence-electron chi connectivity index (χ3n) is 2.93. The molecule has 1 aliphatic heterocycles. The predicted octanol–water partition coefficient (Wildman–Crippen LogP) is 2.49. The van der Waals surface area contributed by atoms with Crippen LogP contribution >= 0.6 is 27.3 Å². The molecule has 0 bridgehead atoms. The first-order valence-electron chi connectivity index (χ1n) is 5.72. The van der Waals surface area contributed by atoms with Gasteiger partial charge in [0.1, 0.15) is 5.82 Å². The minimum Gasteiger partial charge on any atom is -0.296 e. The second-order valence-corrected chi connectivity index (χ2v) is 6.56. The first-order chi connectivity index (χ1) is 8.74. The van der Waals surface area contributed by atoms with E-state index in [1.54, 1.807) is 22.4 Å². The largest absolute Gasteiger partial charge is 0.296 e. The van der Waals surface area contributed by atoms with Gasteiger partial charge in [-0.2, -0.15) is 5.10 Å². The van der Waals surface area contributed by atoms with Gasteiger partial charge in [0.15, 0.2) is 0 Å². The molecule has 0 radical (unpaired) electrons. The topological polar surface area (TPSA) is 38.1 Å². The normalized spacial score (nSPS) is 19.7. The Labute approximate surface area is 117 Å². The molecule has 1 atom stereocenters. The van der Waals surface area contributed by atoms with E-state index in [-0.39, 0.29) is 10.7 Å². The Morgan fingerprint density at radius 1 is 1.50 bits per heavy atom. The van der Waals surface area contributed by atoms with Crippen molar-refractivity contribution >= 4 is 39.0 Å². The maximum absolute atomic E-state index is 11.9. The number of aromatic nitrogens is 2. The van der Waals surface area contributed by atoms with Crippen LogP contribution in [0.1, 0.15) is 11.3 Å². The Kier molecular flexibility index (Phi) is 3.22. The number of nitrogens with zero attached hydrogens (tertiary/aromatic N) is 3.